The van der Waals surface area contributed by atoms with Crippen molar-refractivity contribution in [3.63, 3.8) is 0 Å². The summed E-state index contributed by atoms with van der Waals surface area (Å²) >= 11 is 0. The molecule has 0 heterocycles. The van der Waals surface area contributed by atoms with Crippen LogP contribution in [0.1, 0.15) is 47.0 Å². The molecule has 0 unspecified atom stereocenters. The fourth-order valence-corrected chi connectivity index (χ4v) is 9.44. The SMILES string of the molecule is CC1(C)[C@@H]2C[C@H]3[C@@H]4C[C@H](F)C5=CC(O)=C(O)C(=O)[C@]5(C)[C@H]4[C@@H](O)C[C@]3(C)[C@@]21C(=O)CO. The quantitative estimate of drug-likeness (QED) is 0.531. The maximum Gasteiger partial charge on any atom is 0.211 e. The fourth-order valence-electron chi connectivity index (χ4n) is 9.44. The monoisotopic (exact) mass is 434 g/mol. The zero-order valence-electron chi connectivity index (χ0n) is 18.4. The molecule has 0 radical (unpaired) electrons. The number of carbonyl (C=O) groups excluding carboxylic acids is 2. The van der Waals surface area contributed by atoms with E-state index in [0.717, 1.165) is 6.08 Å². The summed E-state index contributed by atoms with van der Waals surface area (Å²) in [5, 5.41) is 41.3. The Hall–Kier alpha value is -1.73. The number of halogens is 1. The van der Waals surface area contributed by atoms with Gasteiger partial charge in [-0.15, -0.1) is 0 Å². The summed E-state index contributed by atoms with van der Waals surface area (Å²) in [5.74, 6) is -3.40. The lowest BCUT2D eigenvalue weighted by Gasteiger charge is -2.60. The average molecular weight is 435 g/mol. The predicted octanol–water partition coefficient (Wildman–Crippen LogP) is 2.80. The fraction of sp³-hybridized carbons (Fsp3) is 0.750. The van der Waals surface area contributed by atoms with E-state index in [1.165, 1.54) is 0 Å². The Balaban J connectivity index is 1.63. The highest BCUT2D eigenvalue weighted by molar-refractivity contribution is 6.02. The molecule has 6 nitrogen and oxygen atoms in total. The molecule has 5 rings (SSSR count). The lowest BCUT2D eigenvalue weighted by atomic mass is 9.43. The third-order valence-corrected chi connectivity index (χ3v) is 10.4. The van der Waals surface area contributed by atoms with Crippen molar-refractivity contribution in [1.29, 1.82) is 0 Å². The van der Waals surface area contributed by atoms with Gasteiger partial charge in [-0.05, 0) is 66.4 Å². The molecule has 0 amide bonds. The second-order valence-electron chi connectivity index (χ2n) is 11.5. The van der Waals surface area contributed by atoms with E-state index < -0.39 is 58.3 Å². The van der Waals surface area contributed by atoms with E-state index in [4.69, 9.17) is 0 Å². The first kappa shape index (κ1) is 21.1. The maximum absolute atomic E-state index is 15.5. The number of Topliss-reactive ketones (excluding diaryl/α,β-unsaturated/α-hetero) is 2. The highest BCUT2D eigenvalue weighted by Gasteiger charge is 2.87. The van der Waals surface area contributed by atoms with Crippen LogP contribution in [0.2, 0.25) is 0 Å². The molecule has 0 aromatic heterocycles. The van der Waals surface area contributed by atoms with E-state index in [9.17, 15) is 30.0 Å². The topological polar surface area (TPSA) is 115 Å². The average Bonchev–Trinajstić information content (AvgIpc) is 3.03. The maximum atomic E-state index is 15.5. The molecule has 5 aliphatic rings. The largest absolute Gasteiger partial charge is 0.504 e. The Morgan fingerprint density at radius 2 is 1.84 bits per heavy atom. The normalized spacial score (nSPS) is 52.0. The summed E-state index contributed by atoms with van der Waals surface area (Å²) < 4.78 is 15.5. The minimum Gasteiger partial charge on any atom is -0.504 e. The smallest absolute Gasteiger partial charge is 0.211 e. The molecule has 31 heavy (non-hydrogen) atoms. The zero-order chi connectivity index (χ0) is 22.9. The van der Waals surface area contributed by atoms with Crippen LogP contribution in [0.5, 0.6) is 0 Å². The number of rotatable bonds is 2. The van der Waals surface area contributed by atoms with Crippen LogP contribution in [0.15, 0.2) is 23.2 Å². The van der Waals surface area contributed by atoms with Gasteiger partial charge < -0.3 is 20.4 Å². The summed E-state index contributed by atoms with van der Waals surface area (Å²) in [6.45, 7) is 7.06. The van der Waals surface area contributed by atoms with Crippen LogP contribution in [0, 0.1) is 45.3 Å². The van der Waals surface area contributed by atoms with Gasteiger partial charge in [-0.1, -0.05) is 20.8 Å². The van der Waals surface area contributed by atoms with Gasteiger partial charge in [0.2, 0.25) is 11.5 Å². The number of alkyl halides is 1. The summed E-state index contributed by atoms with van der Waals surface area (Å²) in [7, 11) is 0. The van der Waals surface area contributed by atoms with E-state index in [1.807, 2.05) is 20.8 Å². The van der Waals surface area contributed by atoms with Gasteiger partial charge in [-0.3, -0.25) is 9.59 Å². The molecule has 0 aromatic carbocycles. The van der Waals surface area contributed by atoms with Crippen LogP contribution in [0.25, 0.3) is 0 Å². The summed E-state index contributed by atoms with van der Waals surface area (Å²) in [6, 6.07) is 0. The van der Waals surface area contributed by atoms with Crippen molar-refractivity contribution in [2.24, 2.45) is 45.3 Å². The highest BCUT2D eigenvalue weighted by atomic mass is 19.1. The Bertz CT molecular complexity index is 967. The summed E-state index contributed by atoms with van der Waals surface area (Å²) in [4.78, 5) is 26.2. The molecule has 7 heteroatoms. The van der Waals surface area contributed by atoms with E-state index >= 15 is 4.39 Å². The van der Waals surface area contributed by atoms with Gasteiger partial charge in [0.15, 0.2) is 11.5 Å². The number of allylic oxidation sites excluding steroid dienone is 3. The van der Waals surface area contributed by atoms with Gasteiger partial charge in [0.05, 0.1) is 11.5 Å². The second-order valence-corrected chi connectivity index (χ2v) is 11.5. The van der Waals surface area contributed by atoms with Crippen LogP contribution in [0.3, 0.4) is 0 Å². The predicted molar refractivity (Wildman–Crippen MR) is 109 cm³/mol. The van der Waals surface area contributed by atoms with Crippen LogP contribution in [-0.4, -0.2) is 50.9 Å². The first-order chi connectivity index (χ1) is 14.3. The summed E-state index contributed by atoms with van der Waals surface area (Å²) in [5.41, 5.74) is -3.02. The zero-order valence-corrected chi connectivity index (χ0v) is 18.4. The summed E-state index contributed by atoms with van der Waals surface area (Å²) in [6.07, 6.45) is -0.275. The minimum atomic E-state index is -1.49. The number of aliphatic hydroxyl groups is 4. The molecule has 0 bridgehead atoms. The van der Waals surface area contributed by atoms with Crippen molar-refractivity contribution < 1.29 is 34.4 Å². The lowest BCUT2D eigenvalue weighted by molar-refractivity contribution is -0.169. The third kappa shape index (κ3) is 1.98. The first-order valence-corrected chi connectivity index (χ1v) is 11.2. The minimum absolute atomic E-state index is 0.0443. The molecule has 0 aliphatic heterocycles. The first-order valence-electron chi connectivity index (χ1n) is 11.2. The van der Waals surface area contributed by atoms with Crippen molar-refractivity contribution >= 4 is 11.6 Å². The van der Waals surface area contributed by atoms with Gasteiger partial charge in [0, 0.05) is 11.3 Å². The Kier molecular flexibility index (Phi) is 3.95. The number of aliphatic hydroxyl groups excluding tert-OH is 4. The van der Waals surface area contributed by atoms with Gasteiger partial charge >= 0.3 is 0 Å². The number of carbonyl (C=O) groups is 2. The molecule has 4 saturated carbocycles. The van der Waals surface area contributed by atoms with Crippen molar-refractivity contribution in [3.05, 3.63) is 23.2 Å². The molecule has 9 atom stereocenters. The van der Waals surface area contributed by atoms with Crippen molar-refractivity contribution in [3.8, 4) is 0 Å². The van der Waals surface area contributed by atoms with Gasteiger partial charge in [0.1, 0.15) is 12.8 Å². The van der Waals surface area contributed by atoms with E-state index in [0.29, 0.717) is 6.42 Å². The molecule has 4 fully saturated rings. The molecular weight excluding hydrogens is 403 g/mol. The molecule has 0 spiro atoms. The second kappa shape index (κ2) is 5.79. The van der Waals surface area contributed by atoms with Crippen LogP contribution >= 0.6 is 0 Å². The van der Waals surface area contributed by atoms with Gasteiger partial charge in [0.25, 0.3) is 0 Å². The number of fused-ring (bicyclic) bond motifs is 7. The van der Waals surface area contributed by atoms with E-state index in [2.05, 4.69) is 0 Å². The number of hydrogen-bond donors (Lipinski definition) is 4. The Morgan fingerprint density at radius 3 is 2.45 bits per heavy atom. The lowest BCUT2D eigenvalue weighted by Crippen LogP contribution is -2.62. The van der Waals surface area contributed by atoms with Crippen molar-refractivity contribution in [1.82, 2.24) is 0 Å². The molecule has 0 aromatic rings. The Labute approximate surface area is 180 Å². The van der Waals surface area contributed by atoms with Crippen LogP contribution < -0.4 is 0 Å². The standard InChI is InChI=1S/C24H31FO6/c1-21(2)16-7-11-10-5-13(25)12-6-14(27)19(30)20(31)23(12,4)18(10)15(28)8-22(11,3)24(16,21)17(29)9-26/h6,10-11,13,15-16,18,26-28,30H,5,7-9H2,1-4H3/t10-,11-,13-,15-,16-,18+,22-,23-,24+/m0/s1. The van der Waals surface area contributed by atoms with Crippen LogP contribution in [-0.2, 0) is 9.59 Å². The molecule has 4 N–H and O–H groups in total. The molecular formula is C24H31FO6. The Morgan fingerprint density at radius 1 is 1.19 bits per heavy atom. The van der Waals surface area contributed by atoms with E-state index in [1.54, 1.807) is 6.92 Å². The van der Waals surface area contributed by atoms with Crippen molar-refractivity contribution in [2.75, 3.05) is 6.61 Å². The van der Waals surface area contributed by atoms with Crippen molar-refractivity contribution in [2.45, 2.75) is 59.2 Å². The van der Waals surface area contributed by atoms with Gasteiger partial charge in [-0.25, -0.2) is 4.39 Å². The number of hydrogen-bond acceptors (Lipinski definition) is 6. The molecule has 5 aliphatic carbocycles. The van der Waals surface area contributed by atoms with E-state index in [-0.39, 0.29) is 47.4 Å². The highest BCUT2D eigenvalue weighted by Crippen LogP contribution is 2.87. The molecule has 0 saturated heterocycles. The van der Waals surface area contributed by atoms with Gasteiger partial charge in [-0.2, -0.15) is 0 Å². The van der Waals surface area contributed by atoms with Crippen LogP contribution in [0.4, 0.5) is 4.39 Å². The number of ketones is 2. The molecule has 170 valence electrons. The third-order valence-electron chi connectivity index (χ3n) is 10.4.